The Balaban J connectivity index is 1.87. The summed E-state index contributed by atoms with van der Waals surface area (Å²) in [6, 6.07) is 3.36. The summed E-state index contributed by atoms with van der Waals surface area (Å²) in [6.07, 6.45) is 4.30. The van der Waals surface area contributed by atoms with Crippen LogP contribution >= 0.6 is 11.6 Å². The number of oxime groups is 1. The molecule has 3 aromatic rings. The molecule has 0 aliphatic heterocycles. The fraction of sp³-hybridized carbons (Fsp3) is 0. The number of pyridine rings is 1. The first kappa shape index (κ1) is 14.7. The second kappa shape index (κ2) is 6.23. The van der Waals surface area contributed by atoms with Gasteiger partial charge in [-0.2, -0.15) is 4.98 Å². The number of amidine groups is 1. The third-order valence-corrected chi connectivity index (χ3v) is 2.88. The highest BCUT2D eigenvalue weighted by molar-refractivity contribution is 6.30. The van der Waals surface area contributed by atoms with Crippen LogP contribution < -0.4 is 11.1 Å². The van der Waals surface area contributed by atoms with Gasteiger partial charge in [-0.25, -0.2) is 9.97 Å². The summed E-state index contributed by atoms with van der Waals surface area (Å²) in [5.74, 6) is 0.250. The van der Waals surface area contributed by atoms with Gasteiger partial charge in [-0.05, 0) is 12.1 Å². The zero-order chi connectivity index (χ0) is 16.2. The van der Waals surface area contributed by atoms with Crippen LogP contribution in [0.15, 0.2) is 40.4 Å². The maximum atomic E-state index is 8.75. The van der Waals surface area contributed by atoms with E-state index in [0.29, 0.717) is 10.7 Å². The Kier molecular flexibility index (Phi) is 3.97. The molecule has 3 aromatic heterocycles. The molecule has 11 heteroatoms. The van der Waals surface area contributed by atoms with E-state index < -0.39 is 0 Å². The lowest BCUT2D eigenvalue weighted by Crippen LogP contribution is -2.17. The normalized spacial score (nSPS) is 11.4. The predicted octanol–water partition coefficient (Wildman–Crippen LogP) is 1.41. The Labute approximate surface area is 134 Å². The summed E-state index contributed by atoms with van der Waals surface area (Å²) in [4.78, 5) is 16.2. The van der Waals surface area contributed by atoms with Gasteiger partial charge in [-0.3, -0.25) is 10.3 Å². The van der Waals surface area contributed by atoms with E-state index in [9.17, 15) is 0 Å². The van der Waals surface area contributed by atoms with Gasteiger partial charge in [-0.1, -0.05) is 21.9 Å². The fourth-order valence-electron chi connectivity index (χ4n) is 1.65. The van der Waals surface area contributed by atoms with E-state index in [-0.39, 0.29) is 29.2 Å². The van der Waals surface area contributed by atoms with E-state index in [1.807, 2.05) is 0 Å². The van der Waals surface area contributed by atoms with Gasteiger partial charge in [-0.15, -0.1) is 0 Å². The summed E-state index contributed by atoms with van der Waals surface area (Å²) >= 11 is 5.77. The second-order valence-corrected chi connectivity index (χ2v) is 4.59. The monoisotopic (exact) mass is 332 g/mol. The van der Waals surface area contributed by atoms with Crippen molar-refractivity contribution in [1.82, 2.24) is 25.1 Å². The fourth-order valence-corrected chi connectivity index (χ4v) is 1.76. The van der Waals surface area contributed by atoms with E-state index >= 15 is 0 Å². The van der Waals surface area contributed by atoms with E-state index in [4.69, 9.17) is 27.1 Å². The van der Waals surface area contributed by atoms with Gasteiger partial charge in [0.05, 0.1) is 5.02 Å². The quantitative estimate of drug-likeness (QED) is 0.279. The number of anilines is 2. The Hall–Kier alpha value is -3.27. The van der Waals surface area contributed by atoms with Crippen LogP contribution in [0.5, 0.6) is 0 Å². The van der Waals surface area contributed by atoms with Crippen LogP contribution in [0.4, 0.5) is 11.8 Å². The van der Waals surface area contributed by atoms with E-state index in [0.717, 1.165) is 0 Å². The molecule has 23 heavy (non-hydrogen) atoms. The lowest BCUT2D eigenvalue weighted by Gasteiger charge is -2.04. The van der Waals surface area contributed by atoms with Crippen LogP contribution in [0.3, 0.4) is 0 Å². The van der Waals surface area contributed by atoms with Crippen LogP contribution in [-0.2, 0) is 0 Å². The Morgan fingerprint density at radius 1 is 1.26 bits per heavy atom. The smallest absolute Gasteiger partial charge is 0.327 e. The zero-order valence-electron chi connectivity index (χ0n) is 11.4. The molecular weight excluding hydrogens is 324 g/mol. The van der Waals surface area contributed by atoms with Crippen molar-refractivity contribution in [2.75, 3.05) is 5.32 Å². The standard InChI is InChI=1S/C12H9ClN8O2/c13-6-1-2-7(17-5-6)10-18-12(23-21-10)19-11-8(9(14)20-22)15-3-4-16-11/h1-5,22H,(H2,14,20)(H,16,18,19,21). The largest absolute Gasteiger partial charge is 0.409 e. The van der Waals surface area contributed by atoms with Gasteiger partial charge in [0.25, 0.3) is 0 Å². The molecule has 0 radical (unpaired) electrons. The maximum Gasteiger partial charge on any atom is 0.327 e. The van der Waals surface area contributed by atoms with Crippen molar-refractivity contribution in [1.29, 1.82) is 0 Å². The van der Waals surface area contributed by atoms with Gasteiger partial charge >= 0.3 is 6.01 Å². The SMILES string of the molecule is NC(=NO)c1nccnc1Nc1nc(-c2ccc(Cl)cn2)no1. The molecule has 10 nitrogen and oxygen atoms in total. The Bertz CT molecular complexity index is 848. The predicted molar refractivity (Wildman–Crippen MR) is 80.4 cm³/mol. The van der Waals surface area contributed by atoms with E-state index in [2.05, 4.69) is 35.6 Å². The van der Waals surface area contributed by atoms with Crippen molar-refractivity contribution < 1.29 is 9.73 Å². The third kappa shape index (κ3) is 3.16. The Morgan fingerprint density at radius 2 is 2.09 bits per heavy atom. The number of rotatable bonds is 4. The van der Waals surface area contributed by atoms with Crippen LogP contribution in [0.2, 0.25) is 5.02 Å². The van der Waals surface area contributed by atoms with Crippen molar-refractivity contribution in [3.63, 3.8) is 0 Å². The lowest BCUT2D eigenvalue weighted by atomic mass is 10.3. The molecule has 116 valence electrons. The van der Waals surface area contributed by atoms with E-state index in [1.54, 1.807) is 12.1 Å². The first-order chi connectivity index (χ1) is 11.2. The minimum atomic E-state index is -0.209. The average molecular weight is 333 g/mol. The molecule has 0 aliphatic carbocycles. The molecule has 0 aliphatic rings. The maximum absolute atomic E-state index is 8.75. The number of nitrogens with two attached hydrogens (primary N) is 1. The van der Waals surface area contributed by atoms with Gasteiger partial charge in [0.15, 0.2) is 17.3 Å². The summed E-state index contributed by atoms with van der Waals surface area (Å²) in [6.45, 7) is 0. The summed E-state index contributed by atoms with van der Waals surface area (Å²) in [5.41, 5.74) is 6.15. The molecule has 3 heterocycles. The molecular formula is C12H9ClN8O2. The minimum Gasteiger partial charge on any atom is -0.409 e. The van der Waals surface area contributed by atoms with E-state index in [1.165, 1.54) is 18.6 Å². The number of hydrogen-bond donors (Lipinski definition) is 3. The Morgan fingerprint density at radius 3 is 2.83 bits per heavy atom. The highest BCUT2D eigenvalue weighted by atomic mass is 35.5. The van der Waals surface area contributed by atoms with Crippen LogP contribution in [0.25, 0.3) is 11.5 Å². The molecule has 0 bridgehead atoms. The molecule has 0 amide bonds. The number of aromatic nitrogens is 5. The molecule has 0 spiro atoms. The molecule has 4 N–H and O–H groups in total. The first-order valence-electron chi connectivity index (χ1n) is 6.19. The second-order valence-electron chi connectivity index (χ2n) is 4.15. The highest BCUT2D eigenvalue weighted by Crippen LogP contribution is 2.20. The summed E-state index contributed by atoms with van der Waals surface area (Å²) in [5, 5.41) is 18.7. The molecule has 0 aromatic carbocycles. The minimum absolute atomic E-state index is 0.0456. The third-order valence-electron chi connectivity index (χ3n) is 2.66. The number of nitrogens with one attached hydrogen (secondary N) is 1. The number of halogens is 1. The number of nitrogens with zero attached hydrogens (tertiary/aromatic N) is 6. The van der Waals surface area contributed by atoms with Gasteiger partial charge in [0, 0.05) is 18.6 Å². The van der Waals surface area contributed by atoms with Crippen LogP contribution in [0, 0.1) is 0 Å². The topological polar surface area (TPSA) is 148 Å². The van der Waals surface area contributed by atoms with Crippen molar-refractivity contribution in [2.24, 2.45) is 10.9 Å². The molecule has 0 saturated heterocycles. The van der Waals surface area contributed by atoms with Crippen molar-refractivity contribution in [3.05, 3.63) is 41.4 Å². The van der Waals surface area contributed by atoms with Gasteiger partial charge < -0.3 is 15.5 Å². The highest BCUT2D eigenvalue weighted by Gasteiger charge is 2.14. The number of hydrogen-bond acceptors (Lipinski definition) is 9. The average Bonchev–Trinajstić information content (AvgIpc) is 3.04. The van der Waals surface area contributed by atoms with Crippen molar-refractivity contribution in [2.45, 2.75) is 0 Å². The van der Waals surface area contributed by atoms with Gasteiger partial charge in [0.1, 0.15) is 5.69 Å². The van der Waals surface area contributed by atoms with Crippen LogP contribution in [0.1, 0.15) is 5.69 Å². The van der Waals surface area contributed by atoms with Crippen molar-refractivity contribution in [3.8, 4) is 11.5 Å². The molecule has 0 unspecified atom stereocenters. The molecule has 0 saturated carbocycles. The first-order valence-corrected chi connectivity index (χ1v) is 6.56. The van der Waals surface area contributed by atoms with Crippen molar-refractivity contribution >= 4 is 29.3 Å². The summed E-state index contributed by atoms with van der Waals surface area (Å²) < 4.78 is 5.07. The molecule has 0 fully saturated rings. The molecule has 3 rings (SSSR count). The zero-order valence-corrected chi connectivity index (χ0v) is 12.1. The van der Waals surface area contributed by atoms with Gasteiger partial charge in [0.2, 0.25) is 5.82 Å². The van der Waals surface area contributed by atoms with Crippen LogP contribution in [-0.4, -0.2) is 36.1 Å². The molecule has 0 atom stereocenters. The lowest BCUT2D eigenvalue weighted by molar-refractivity contribution is 0.318. The summed E-state index contributed by atoms with van der Waals surface area (Å²) in [7, 11) is 0.